The summed E-state index contributed by atoms with van der Waals surface area (Å²) in [5.74, 6) is -1.01. The minimum atomic E-state index is -0.745. The molecular formula is C14H25NO4. The van der Waals surface area contributed by atoms with Crippen LogP contribution in [0.1, 0.15) is 44.9 Å². The first-order chi connectivity index (χ1) is 8.99. The number of hydrogen-bond acceptors (Lipinski definition) is 4. The Balaban J connectivity index is 1.72. The zero-order chi connectivity index (χ0) is 13.9. The van der Waals surface area contributed by atoms with Crippen molar-refractivity contribution in [1.29, 1.82) is 0 Å². The van der Waals surface area contributed by atoms with Gasteiger partial charge in [-0.05, 0) is 44.9 Å². The molecule has 2 rings (SSSR count). The molecule has 110 valence electrons. The number of hydrogen-bond donors (Lipinski definition) is 3. The fraction of sp³-hybridized carbons (Fsp3) is 0.929. The van der Waals surface area contributed by atoms with E-state index in [4.69, 9.17) is 9.84 Å². The minimum Gasteiger partial charge on any atom is -0.481 e. The quantitative estimate of drug-likeness (QED) is 0.675. The van der Waals surface area contributed by atoms with Crippen LogP contribution in [-0.4, -0.2) is 47.6 Å². The first kappa shape index (κ1) is 14.8. The molecule has 3 N–H and O–H groups in total. The lowest BCUT2D eigenvalue weighted by Gasteiger charge is -2.42. The lowest BCUT2D eigenvalue weighted by molar-refractivity contribution is -0.144. The van der Waals surface area contributed by atoms with Gasteiger partial charge in [0.1, 0.15) is 0 Å². The Morgan fingerprint density at radius 2 is 1.89 bits per heavy atom. The molecule has 0 aliphatic heterocycles. The summed E-state index contributed by atoms with van der Waals surface area (Å²) >= 11 is 0. The van der Waals surface area contributed by atoms with Crippen LogP contribution in [0.2, 0.25) is 0 Å². The van der Waals surface area contributed by atoms with Gasteiger partial charge in [0.15, 0.2) is 0 Å². The van der Waals surface area contributed by atoms with E-state index in [-0.39, 0.29) is 11.5 Å². The first-order valence-corrected chi connectivity index (χ1v) is 7.20. The number of aliphatic carboxylic acids is 1. The lowest BCUT2D eigenvalue weighted by Crippen LogP contribution is -2.52. The number of carbonyl (C=O) groups is 1. The molecule has 0 aromatic carbocycles. The molecule has 5 heteroatoms. The number of rotatable bonds is 6. The summed E-state index contributed by atoms with van der Waals surface area (Å²) in [5, 5.41) is 22.7. The Hall–Kier alpha value is -0.650. The Kier molecular flexibility index (Phi) is 4.48. The molecule has 2 fully saturated rings. The van der Waals surface area contributed by atoms with Crippen LogP contribution in [0.25, 0.3) is 0 Å². The lowest BCUT2D eigenvalue weighted by atomic mass is 9.77. The van der Waals surface area contributed by atoms with Crippen molar-refractivity contribution in [1.82, 2.24) is 5.32 Å². The molecule has 0 aromatic rings. The Labute approximate surface area is 114 Å². The van der Waals surface area contributed by atoms with Crippen molar-refractivity contribution in [3.05, 3.63) is 0 Å². The van der Waals surface area contributed by atoms with Crippen LogP contribution in [-0.2, 0) is 9.53 Å². The molecular weight excluding hydrogens is 246 g/mol. The normalized spacial score (nSPS) is 33.7. The van der Waals surface area contributed by atoms with Gasteiger partial charge in [-0.3, -0.25) is 4.79 Å². The molecule has 0 amide bonds. The van der Waals surface area contributed by atoms with E-state index in [1.807, 2.05) is 0 Å². The third kappa shape index (κ3) is 3.46. The molecule has 0 aromatic heterocycles. The van der Waals surface area contributed by atoms with E-state index in [0.29, 0.717) is 32.2 Å². The van der Waals surface area contributed by atoms with Gasteiger partial charge in [-0.25, -0.2) is 0 Å². The van der Waals surface area contributed by atoms with E-state index in [1.165, 1.54) is 6.42 Å². The highest BCUT2D eigenvalue weighted by Gasteiger charge is 2.39. The van der Waals surface area contributed by atoms with E-state index in [1.54, 1.807) is 7.11 Å². The molecule has 2 saturated carbocycles. The maximum absolute atomic E-state index is 10.9. The van der Waals surface area contributed by atoms with Gasteiger partial charge in [0.05, 0.1) is 17.1 Å². The van der Waals surface area contributed by atoms with Crippen molar-refractivity contribution in [2.45, 2.75) is 56.1 Å². The molecule has 19 heavy (non-hydrogen) atoms. The van der Waals surface area contributed by atoms with E-state index in [0.717, 1.165) is 19.4 Å². The Morgan fingerprint density at radius 1 is 1.26 bits per heavy atom. The van der Waals surface area contributed by atoms with Gasteiger partial charge in [-0.15, -0.1) is 0 Å². The summed E-state index contributed by atoms with van der Waals surface area (Å²) in [4.78, 5) is 10.9. The second kappa shape index (κ2) is 5.77. The first-order valence-electron chi connectivity index (χ1n) is 7.20. The van der Waals surface area contributed by atoms with Gasteiger partial charge in [0, 0.05) is 20.2 Å². The number of nitrogens with one attached hydrogen (secondary N) is 1. The number of aliphatic hydroxyl groups is 1. The summed E-state index contributed by atoms with van der Waals surface area (Å²) in [5.41, 5.74) is -0.779. The van der Waals surface area contributed by atoms with Gasteiger partial charge in [0.2, 0.25) is 0 Å². The fourth-order valence-electron chi connectivity index (χ4n) is 3.13. The topological polar surface area (TPSA) is 78.8 Å². The highest BCUT2D eigenvalue weighted by atomic mass is 16.5. The van der Waals surface area contributed by atoms with Gasteiger partial charge >= 0.3 is 5.97 Å². The number of carboxylic acids is 1. The van der Waals surface area contributed by atoms with Crippen LogP contribution >= 0.6 is 0 Å². The molecule has 0 radical (unpaired) electrons. The second-order valence-electron chi connectivity index (χ2n) is 6.18. The van der Waals surface area contributed by atoms with Crippen LogP contribution in [0.15, 0.2) is 0 Å². The molecule has 0 atom stereocenters. The van der Waals surface area contributed by atoms with Gasteiger partial charge < -0.3 is 20.3 Å². The standard InChI is InChI=1S/C14H25NO4/c1-19-14(5-2-6-14)10-15-9-13(18)7-3-11(4-8-13)12(16)17/h11,15,18H,2-10H2,1H3,(H,16,17). The van der Waals surface area contributed by atoms with Crippen molar-refractivity contribution in [2.24, 2.45) is 5.92 Å². The van der Waals surface area contributed by atoms with E-state index in [9.17, 15) is 9.90 Å². The average molecular weight is 271 g/mol. The highest BCUT2D eigenvalue weighted by Crippen LogP contribution is 2.35. The van der Waals surface area contributed by atoms with E-state index >= 15 is 0 Å². The second-order valence-corrected chi connectivity index (χ2v) is 6.18. The summed E-state index contributed by atoms with van der Waals surface area (Å²) in [7, 11) is 1.74. The maximum atomic E-state index is 10.9. The SMILES string of the molecule is COC1(CNCC2(O)CCC(C(=O)O)CC2)CCC1. The molecule has 2 aliphatic rings. The molecule has 2 aliphatic carbocycles. The fourth-order valence-corrected chi connectivity index (χ4v) is 3.13. The summed E-state index contributed by atoms with van der Waals surface area (Å²) in [6.45, 7) is 1.30. The number of ether oxygens (including phenoxy) is 1. The molecule has 0 saturated heterocycles. The van der Waals surface area contributed by atoms with Gasteiger partial charge in [0.25, 0.3) is 0 Å². The Morgan fingerprint density at radius 3 is 2.32 bits per heavy atom. The van der Waals surface area contributed by atoms with E-state index in [2.05, 4.69) is 5.32 Å². The summed E-state index contributed by atoms with van der Waals surface area (Å²) in [6, 6.07) is 0. The van der Waals surface area contributed by atoms with E-state index < -0.39 is 11.6 Å². The van der Waals surface area contributed by atoms with Crippen molar-refractivity contribution in [2.75, 3.05) is 20.2 Å². The predicted molar refractivity (Wildman–Crippen MR) is 71.0 cm³/mol. The third-order valence-electron chi connectivity index (χ3n) is 4.86. The zero-order valence-electron chi connectivity index (χ0n) is 11.7. The molecule has 0 unspecified atom stereocenters. The monoisotopic (exact) mass is 271 g/mol. The van der Waals surface area contributed by atoms with Gasteiger partial charge in [-0.1, -0.05) is 0 Å². The minimum absolute atomic E-state index is 0.0331. The average Bonchev–Trinajstić information content (AvgIpc) is 2.33. The van der Waals surface area contributed by atoms with Crippen molar-refractivity contribution < 1.29 is 19.7 Å². The Bertz CT molecular complexity index is 314. The number of methoxy groups -OCH3 is 1. The van der Waals surface area contributed by atoms with Gasteiger partial charge in [-0.2, -0.15) is 0 Å². The third-order valence-corrected chi connectivity index (χ3v) is 4.86. The smallest absolute Gasteiger partial charge is 0.306 e. The van der Waals surface area contributed by atoms with Crippen LogP contribution in [0.3, 0.4) is 0 Å². The van der Waals surface area contributed by atoms with Crippen molar-refractivity contribution >= 4 is 5.97 Å². The molecule has 0 heterocycles. The van der Waals surface area contributed by atoms with Crippen LogP contribution in [0.5, 0.6) is 0 Å². The van der Waals surface area contributed by atoms with Crippen LogP contribution in [0, 0.1) is 5.92 Å². The predicted octanol–water partition coefficient (Wildman–Crippen LogP) is 1.15. The van der Waals surface area contributed by atoms with Crippen LogP contribution in [0.4, 0.5) is 0 Å². The van der Waals surface area contributed by atoms with Crippen molar-refractivity contribution in [3.8, 4) is 0 Å². The molecule has 5 nitrogen and oxygen atoms in total. The molecule has 0 bridgehead atoms. The maximum Gasteiger partial charge on any atom is 0.306 e. The number of carboxylic acid groups (broad SMARTS) is 1. The van der Waals surface area contributed by atoms with Crippen LogP contribution < -0.4 is 5.32 Å². The summed E-state index contributed by atoms with van der Waals surface area (Å²) < 4.78 is 5.52. The zero-order valence-corrected chi connectivity index (χ0v) is 11.7. The highest BCUT2D eigenvalue weighted by molar-refractivity contribution is 5.70. The van der Waals surface area contributed by atoms with Crippen molar-refractivity contribution in [3.63, 3.8) is 0 Å². The largest absolute Gasteiger partial charge is 0.481 e. The summed E-state index contributed by atoms with van der Waals surface area (Å²) in [6.07, 6.45) is 5.64. The molecule has 0 spiro atoms.